The van der Waals surface area contributed by atoms with E-state index in [4.69, 9.17) is 5.11 Å². The van der Waals surface area contributed by atoms with Gasteiger partial charge in [0.15, 0.2) is 0 Å². The summed E-state index contributed by atoms with van der Waals surface area (Å²) in [6.45, 7) is 1.59. The standard InChI is InChI=1S/C13H16N2O3/c1-6-9(13(17)18)12(16)15-11(14-6)10-7-4-2-3-5-8(7)10/h7-8,10H,2-5H2,1H3,(H,17,18)(H,14,15,16). The Morgan fingerprint density at radius 1 is 1.33 bits per heavy atom. The van der Waals surface area contributed by atoms with Gasteiger partial charge in [-0.1, -0.05) is 12.8 Å². The quantitative estimate of drug-likeness (QED) is 0.834. The molecule has 2 fully saturated rings. The van der Waals surface area contributed by atoms with Gasteiger partial charge in [-0.05, 0) is 31.6 Å². The lowest BCUT2D eigenvalue weighted by Crippen LogP contribution is -2.22. The predicted octanol–water partition coefficient (Wildman–Crippen LogP) is 1.68. The summed E-state index contributed by atoms with van der Waals surface area (Å²) in [7, 11) is 0. The van der Waals surface area contributed by atoms with E-state index in [1.165, 1.54) is 25.7 Å². The molecule has 0 saturated heterocycles. The largest absolute Gasteiger partial charge is 0.477 e. The Balaban J connectivity index is 1.96. The highest BCUT2D eigenvalue weighted by molar-refractivity contribution is 5.88. The van der Waals surface area contributed by atoms with Crippen molar-refractivity contribution in [1.29, 1.82) is 0 Å². The molecular weight excluding hydrogens is 232 g/mol. The van der Waals surface area contributed by atoms with Gasteiger partial charge in [-0.25, -0.2) is 9.78 Å². The predicted molar refractivity (Wildman–Crippen MR) is 64.7 cm³/mol. The zero-order valence-corrected chi connectivity index (χ0v) is 10.3. The molecule has 5 nitrogen and oxygen atoms in total. The van der Waals surface area contributed by atoms with Crippen LogP contribution in [0.25, 0.3) is 0 Å². The van der Waals surface area contributed by atoms with Crippen molar-refractivity contribution in [2.75, 3.05) is 0 Å². The molecule has 18 heavy (non-hydrogen) atoms. The van der Waals surface area contributed by atoms with E-state index in [1.54, 1.807) is 6.92 Å². The number of carboxylic acids is 1. The van der Waals surface area contributed by atoms with Crippen molar-refractivity contribution in [3.63, 3.8) is 0 Å². The van der Waals surface area contributed by atoms with Crippen molar-refractivity contribution in [2.24, 2.45) is 11.8 Å². The monoisotopic (exact) mass is 248 g/mol. The molecule has 1 aromatic heterocycles. The van der Waals surface area contributed by atoms with Gasteiger partial charge >= 0.3 is 5.97 Å². The van der Waals surface area contributed by atoms with Crippen LogP contribution in [0.3, 0.4) is 0 Å². The highest BCUT2D eigenvalue weighted by atomic mass is 16.4. The van der Waals surface area contributed by atoms with Crippen LogP contribution in [0.15, 0.2) is 4.79 Å². The first-order valence-electron chi connectivity index (χ1n) is 6.43. The number of aromatic carboxylic acids is 1. The van der Waals surface area contributed by atoms with Gasteiger partial charge in [0.2, 0.25) is 0 Å². The maximum atomic E-state index is 11.8. The maximum Gasteiger partial charge on any atom is 0.343 e. The van der Waals surface area contributed by atoms with E-state index in [0.29, 0.717) is 29.3 Å². The van der Waals surface area contributed by atoms with Crippen molar-refractivity contribution in [3.8, 4) is 0 Å². The third-order valence-electron chi connectivity index (χ3n) is 4.30. The van der Waals surface area contributed by atoms with Gasteiger partial charge in [0.05, 0.1) is 5.69 Å². The van der Waals surface area contributed by atoms with Crippen molar-refractivity contribution in [1.82, 2.24) is 9.97 Å². The molecule has 5 heteroatoms. The number of nitrogens with zero attached hydrogens (tertiary/aromatic N) is 1. The molecular formula is C13H16N2O3. The molecule has 0 aliphatic heterocycles. The maximum absolute atomic E-state index is 11.8. The third-order valence-corrected chi connectivity index (χ3v) is 4.30. The molecule has 2 aliphatic carbocycles. The lowest BCUT2D eigenvalue weighted by molar-refractivity contribution is 0.0693. The number of carboxylic acid groups (broad SMARTS) is 1. The summed E-state index contributed by atoms with van der Waals surface area (Å²) in [6.07, 6.45) is 4.93. The summed E-state index contributed by atoms with van der Waals surface area (Å²) in [5, 5.41) is 8.94. The summed E-state index contributed by atoms with van der Waals surface area (Å²) in [6, 6.07) is 0. The van der Waals surface area contributed by atoms with Crippen molar-refractivity contribution >= 4 is 5.97 Å². The molecule has 2 aliphatic rings. The Morgan fingerprint density at radius 3 is 2.44 bits per heavy atom. The van der Waals surface area contributed by atoms with E-state index in [2.05, 4.69) is 9.97 Å². The molecule has 1 aromatic rings. The number of aryl methyl sites for hydroxylation is 1. The smallest absolute Gasteiger partial charge is 0.343 e. The van der Waals surface area contributed by atoms with E-state index in [1.807, 2.05) is 0 Å². The van der Waals surface area contributed by atoms with Crippen molar-refractivity contribution in [3.05, 3.63) is 27.4 Å². The lowest BCUT2D eigenvalue weighted by Gasteiger charge is -2.04. The second kappa shape index (κ2) is 3.93. The molecule has 0 bridgehead atoms. The van der Waals surface area contributed by atoms with Gasteiger partial charge in [-0.2, -0.15) is 0 Å². The molecule has 3 rings (SSSR count). The molecule has 1 heterocycles. The number of nitrogens with one attached hydrogen (secondary N) is 1. The van der Waals surface area contributed by atoms with Gasteiger partial charge in [0.25, 0.3) is 5.56 Å². The summed E-state index contributed by atoms with van der Waals surface area (Å²) in [5.74, 6) is 1.14. The van der Waals surface area contributed by atoms with Gasteiger partial charge in [0.1, 0.15) is 11.4 Å². The number of rotatable bonds is 2. The van der Waals surface area contributed by atoms with Crippen LogP contribution in [-0.4, -0.2) is 21.0 Å². The van der Waals surface area contributed by atoms with Gasteiger partial charge in [-0.3, -0.25) is 4.79 Å². The molecule has 2 saturated carbocycles. The number of H-pyrrole nitrogens is 1. The van der Waals surface area contributed by atoms with Crippen LogP contribution in [0.1, 0.15) is 53.5 Å². The van der Waals surface area contributed by atoms with Gasteiger partial charge < -0.3 is 10.1 Å². The van der Waals surface area contributed by atoms with Crippen molar-refractivity contribution < 1.29 is 9.90 Å². The first-order valence-corrected chi connectivity index (χ1v) is 6.43. The van der Waals surface area contributed by atoms with Crippen LogP contribution >= 0.6 is 0 Å². The topological polar surface area (TPSA) is 83.0 Å². The first kappa shape index (κ1) is 11.4. The van der Waals surface area contributed by atoms with E-state index in [-0.39, 0.29) is 5.56 Å². The Kier molecular flexibility index (Phi) is 2.50. The normalized spacial score (nSPS) is 29.7. The van der Waals surface area contributed by atoms with Crippen LogP contribution in [0.5, 0.6) is 0 Å². The molecule has 2 unspecified atom stereocenters. The Labute approximate surface area is 104 Å². The summed E-state index contributed by atoms with van der Waals surface area (Å²) >= 11 is 0. The Bertz CT molecular complexity index is 552. The number of fused-ring (bicyclic) bond motifs is 1. The summed E-state index contributed by atoms with van der Waals surface area (Å²) < 4.78 is 0. The third kappa shape index (κ3) is 1.65. The molecule has 0 amide bonds. The summed E-state index contributed by atoms with van der Waals surface area (Å²) in [5.41, 5.74) is -0.430. The van der Waals surface area contributed by atoms with E-state index < -0.39 is 11.5 Å². The number of aromatic amines is 1. The minimum atomic E-state index is -1.21. The zero-order valence-electron chi connectivity index (χ0n) is 10.3. The average molecular weight is 248 g/mol. The minimum absolute atomic E-state index is 0.234. The number of aromatic nitrogens is 2. The number of carbonyl (C=O) groups is 1. The molecule has 0 aromatic carbocycles. The van der Waals surface area contributed by atoms with E-state index >= 15 is 0 Å². The zero-order chi connectivity index (χ0) is 12.9. The van der Waals surface area contributed by atoms with E-state index in [0.717, 1.165) is 0 Å². The Hall–Kier alpha value is -1.65. The minimum Gasteiger partial charge on any atom is -0.477 e. The second-order valence-corrected chi connectivity index (χ2v) is 5.35. The van der Waals surface area contributed by atoms with Crippen LogP contribution < -0.4 is 5.56 Å². The van der Waals surface area contributed by atoms with Crippen LogP contribution in [0, 0.1) is 18.8 Å². The van der Waals surface area contributed by atoms with Crippen LogP contribution in [-0.2, 0) is 0 Å². The van der Waals surface area contributed by atoms with Crippen LogP contribution in [0.4, 0.5) is 0 Å². The van der Waals surface area contributed by atoms with Crippen LogP contribution in [0.2, 0.25) is 0 Å². The summed E-state index contributed by atoms with van der Waals surface area (Å²) in [4.78, 5) is 29.7. The second-order valence-electron chi connectivity index (χ2n) is 5.35. The number of hydrogen-bond acceptors (Lipinski definition) is 3. The SMILES string of the molecule is Cc1nc(C2C3CCCCC32)[nH]c(=O)c1C(=O)O. The fourth-order valence-electron chi connectivity index (χ4n) is 3.42. The highest BCUT2D eigenvalue weighted by Crippen LogP contribution is 2.60. The lowest BCUT2D eigenvalue weighted by atomic mass is 10.0. The fraction of sp³-hybridized carbons (Fsp3) is 0.615. The van der Waals surface area contributed by atoms with Crippen molar-refractivity contribution in [2.45, 2.75) is 38.5 Å². The Morgan fingerprint density at radius 2 is 1.94 bits per heavy atom. The molecule has 0 spiro atoms. The van der Waals surface area contributed by atoms with Gasteiger partial charge in [0, 0.05) is 5.92 Å². The molecule has 2 atom stereocenters. The van der Waals surface area contributed by atoms with Gasteiger partial charge in [-0.15, -0.1) is 0 Å². The molecule has 96 valence electrons. The number of hydrogen-bond donors (Lipinski definition) is 2. The molecule has 2 N–H and O–H groups in total. The average Bonchev–Trinajstić information content (AvgIpc) is 3.01. The first-order chi connectivity index (χ1) is 8.59. The molecule has 0 radical (unpaired) electrons. The van der Waals surface area contributed by atoms with E-state index in [9.17, 15) is 9.59 Å². The fourth-order valence-corrected chi connectivity index (χ4v) is 3.42. The highest BCUT2D eigenvalue weighted by Gasteiger charge is 2.52.